The fraction of sp³-hybridized carbons (Fsp3) is 0.0909. The smallest absolute Gasteiger partial charge is 0.0889 e. The SMILES string of the molecule is ClC1=C([SiH2]C2=C(Cl)CC=C2c2ccccc2)C(c2ccccc2)=CC1.[Zr]. The molecule has 0 bridgehead atoms. The first-order chi connectivity index (χ1) is 12.2. The Bertz CT molecular complexity index is 848. The molecule has 0 aromatic heterocycles. The van der Waals surface area contributed by atoms with Gasteiger partial charge in [-0.3, -0.25) is 0 Å². The van der Waals surface area contributed by atoms with E-state index in [4.69, 9.17) is 23.2 Å². The van der Waals surface area contributed by atoms with Gasteiger partial charge in [0.2, 0.25) is 0 Å². The topological polar surface area (TPSA) is 0 Å². The second-order valence-electron chi connectivity index (χ2n) is 6.32. The molecule has 4 heteroatoms. The zero-order chi connectivity index (χ0) is 17.2. The first kappa shape index (κ1) is 19.8. The van der Waals surface area contributed by atoms with Crippen molar-refractivity contribution in [2.24, 2.45) is 0 Å². The van der Waals surface area contributed by atoms with E-state index in [-0.39, 0.29) is 26.2 Å². The number of benzene rings is 2. The maximum absolute atomic E-state index is 6.62. The van der Waals surface area contributed by atoms with E-state index >= 15 is 0 Å². The van der Waals surface area contributed by atoms with Crippen LogP contribution < -0.4 is 0 Å². The molecule has 0 N–H and O–H groups in total. The van der Waals surface area contributed by atoms with Crippen LogP contribution in [-0.4, -0.2) is 9.52 Å². The zero-order valence-corrected chi connectivity index (χ0v) is 19.7. The molecule has 0 saturated heterocycles. The predicted molar refractivity (Wildman–Crippen MR) is 112 cm³/mol. The van der Waals surface area contributed by atoms with Crippen molar-refractivity contribution < 1.29 is 26.2 Å². The van der Waals surface area contributed by atoms with Crippen molar-refractivity contribution in [2.45, 2.75) is 12.8 Å². The van der Waals surface area contributed by atoms with Crippen LogP contribution in [0.1, 0.15) is 24.0 Å². The van der Waals surface area contributed by atoms with E-state index in [1.807, 2.05) is 12.1 Å². The van der Waals surface area contributed by atoms with Crippen LogP contribution in [-0.2, 0) is 26.2 Å². The van der Waals surface area contributed by atoms with Gasteiger partial charge >= 0.3 is 0 Å². The van der Waals surface area contributed by atoms with Crippen molar-refractivity contribution in [1.82, 2.24) is 0 Å². The molecule has 2 aromatic carbocycles. The summed E-state index contributed by atoms with van der Waals surface area (Å²) in [6.45, 7) is 0. The van der Waals surface area contributed by atoms with E-state index < -0.39 is 9.52 Å². The summed E-state index contributed by atoms with van der Waals surface area (Å²) < 4.78 is 0. The maximum Gasteiger partial charge on any atom is 0.0921 e. The molecule has 0 unspecified atom stereocenters. The van der Waals surface area contributed by atoms with Crippen LogP contribution >= 0.6 is 23.2 Å². The summed E-state index contributed by atoms with van der Waals surface area (Å²) >= 11 is 13.2. The van der Waals surface area contributed by atoms with Crippen LogP contribution in [0.25, 0.3) is 11.1 Å². The third kappa shape index (κ3) is 3.99. The molecule has 26 heavy (non-hydrogen) atoms. The number of allylic oxidation sites excluding steroid dienone is 8. The average molecular weight is 473 g/mol. The Morgan fingerprint density at radius 1 is 0.615 bits per heavy atom. The number of hydrogen-bond acceptors (Lipinski definition) is 0. The first-order valence-electron chi connectivity index (χ1n) is 8.51. The molecule has 0 radical (unpaired) electrons. The van der Waals surface area contributed by atoms with Crippen LogP contribution in [0.4, 0.5) is 0 Å². The monoisotopic (exact) mass is 470 g/mol. The summed E-state index contributed by atoms with van der Waals surface area (Å²) in [5.41, 5.74) is 5.10. The van der Waals surface area contributed by atoms with Gasteiger partial charge in [-0.25, -0.2) is 0 Å². The van der Waals surface area contributed by atoms with E-state index in [1.165, 1.54) is 32.7 Å². The Morgan fingerprint density at radius 3 is 1.38 bits per heavy atom. The number of rotatable bonds is 4. The van der Waals surface area contributed by atoms with Crippen LogP contribution in [0.2, 0.25) is 0 Å². The summed E-state index contributed by atoms with van der Waals surface area (Å²) in [4.78, 5) is 0. The minimum absolute atomic E-state index is 0. The number of hydrogen-bond donors (Lipinski definition) is 0. The van der Waals surface area contributed by atoms with Gasteiger partial charge < -0.3 is 0 Å². The van der Waals surface area contributed by atoms with Crippen LogP contribution in [0.5, 0.6) is 0 Å². The van der Waals surface area contributed by atoms with Crippen molar-refractivity contribution in [3.8, 4) is 0 Å². The molecule has 0 aliphatic heterocycles. The van der Waals surface area contributed by atoms with Crippen molar-refractivity contribution in [3.05, 3.63) is 104 Å². The largest absolute Gasteiger partial charge is 0.0921 e. The molecule has 0 saturated carbocycles. The molecule has 2 aliphatic rings. The molecular formula is C22H18Cl2SiZr. The summed E-state index contributed by atoms with van der Waals surface area (Å²) in [7, 11) is -0.754. The van der Waals surface area contributed by atoms with Crippen molar-refractivity contribution in [2.75, 3.05) is 0 Å². The van der Waals surface area contributed by atoms with Crippen LogP contribution in [0.3, 0.4) is 0 Å². The summed E-state index contributed by atoms with van der Waals surface area (Å²) in [6.07, 6.45) is 6.19. The van der Waals surface area contributed by atoms with E-state index in [2.05, 4.69) is 60.7 Å². The zero-order valence-electron chi connectivity index (χ0n) is 14.3. The Balaban J connectivity index is 0.00000196. The quantitative estimate of drug-likeness (QED) is 0.477. The van der Waals surface area contributed by atoms with Crippen LogP contribution in [0.15, 0.2) is 93.3 Å². The van der Waals surface area contributed by atoms with Crippen LogP contribution in [0, 0.1) is 0 Å². The minimum atomic E-state index is -0.754. The Kier molecular flexibility index (Phi) is 6.75. The van der Waals surface area contributed by atoms with Gasteiger partial charge in [-0.05, 0) is 32.7 Å². The first-order valence-corrected chi connectivity index (χ1v) is 10.7. The third-order valence-electron chi connectivity index (χ3n) is 4.80. The predicted octanol–water partition coefficient (Wildman–Crippen LogP) is 6.03. The molecule has 0 heterocycles. The van der Waals surface area contributed by atoms with Gasteiger partial charge in [-0.15, -0.1) is 0 Å². The van der Waals surface area contributed by atoms with E-state index in [0.717, 1.165) is 22.9 Å². The molecule has 0 atom stereocenters. The molecule has 0 spiro atoms. The summed E-state index contributed by atoms with van der Waals surface area (Å²) in [6, 6.07) is 21.1. The maximum atomic E-state index is 6.62. The molecule has 2 aliphatic carbocycles. The second kappa shape index (κ2) is 8.85. The molecule has 0 nitrogen and oxygen atoms in total. The normalized spacial score (nSPS) is 16.5. The number of halogens is 2. The standard InChI is InChI=1S/C22H18Cl2Si.Zr/c23-19-13-11-17(15-7-3-1-4-8-15)21(19)25-22-18(12-14-20(22)24)16-9-5-2-6-10-16;/h1-12H,13-14,25H2;. The summed E-state index contributed by atoms with van der Waals surface area (Å²) in [5.74, 6) is 0. The molecule has 0 amide bonds. The average Bonchev–Trinajstić information content (AvgIpc) is 3.21. The fourth-order valence-electron chi connectivity index (χ4n) is 3.55. The van der Waals surface area contributed by atoms with Gasteiger partial charge in [0.1, 0.15) is 0 Å². The molecular weight excluding hydrogens is 454 g/mol. The summed E-state index contributed by atoms with van der Waals surface area (Å²) in [5, 5.41) is 4.65. The van der Waals surface area contributed by atoms with Gasteiger partial charge in [-0.2, -0.15) is 0 Å². The van der Waals surface area contributed by atoms with Crippen molar-refractivity contribution in [1.29, 1.82) is 0 Å². The van der Waals surface area contributed by atoms with Gasteiger partial charge in [-0.1, -0.05) is 96.0 Å². The Hall–Kier alpha value is -0.920. The van der Waals surface area contributed by atoms with Crippen molar-refractivity contribution in [3.63, 3.8) is 0 Å². The molecule has 128 valence electrons. The fourth-order valence-corrected chi connectivity index (χ4v) is 6.41. The second-order valence-corrected chi connectivity index (χ2v) is 9.00. The molecule has 4 rings (SSSR count). The van der Waals surface area contributed by atoms with Gasteiger partial charge in [0.25, 0.3) is 0 Å². The van der Waals surface area contributed by atoms with E-state index in [0.29, 0.717) is 0 Å². The van der Waals surface area contributed by atoms with E-state index in [9.17, 15) is 0 Å². The van der Waals surface area contributed by atoms with Crippen molar-refractivity contribution >= 4 is 43.9 Å². The van der Waals surface area contributed by atoms with Gasteiger partial charge in [0.15, 0.2) is 0 Å². The third-order valence-corrected chi connectivity index (χ3v) is 8.33. The van der Waals surface area contributed by atoms with E-state index in [1.54, 1.807) is 0 Å². The molecule has 0 fully saturated rings. The Labute approximate surface area is 186 Å². The minimum Gasteiger partial charge on any atom is -0.0889 e. The van der Waals surface area contributed by atoms with Gasteiger partial charge in [0, 0.05) is 49.1 Å². The Morgan fingerprint density at radius 2 is 1.00 bits per heavy atom. The molecule has 2 aromatic rings. The van der Waals surface area contributed by atoms with Gasteiger partial charge in [0.05, 0.1) is 9.52 Å².